The first kappa shape index (κ1) is 11.5. The van der Waals surface area contributed by atoms with Crippen molar-refractivity contribution in [1.29, 1.82) is 0 Å². The number of hydrogen-bond acceptors (Lipinski definition) is 2. The normalized spacial score (nSPS) is 15.6. The van der Waals surface area contributed by atoms with Gasteiger partial charge in [-0.3, -0.25) is 4.79 Å². The van der Waals surface area contributed by atoms with Crippen molar-refractivity contribution in [3.05, 3.63) is 34.9 Å². The molecule has 1 aliphatic rings. The lowest BCUT2D eigenvalue weighted by Crippen LogP contribution is -2.35. The van der Waals surface area contributed by atoms with Crippen LogP contribution in [0.25, 0.3) is 0 Å². The van der Waals surface area contributed by atoms with E-state index in [1.165, 1.54) is 17.1 Å². The molecule has 16 heavy (non-hydrogen) atoms. The summed E-state index contributed by atoms with van der Waals surface area (Å²) in [7, 11) is 0. The Bertz CT molecular complexity index is 399. The zero-order chi connectivity index (χ0) is 11.5. The van der Waals surface area contributed by atoms with Crippen LogP contribution in [-0.4, -0.2) is 24.0 Å². The molecule has 0 aliphatic carbocycles. The summed E-state index contributed by atoms with van der Waals surface area (Å²) in [4.78, 5) is 11.9. The van der Waals surface area contributed by atoms with Gasteiger partial charge in [-0.05, 0) is 42.9 Å². The van der Waals surface area contributed by atoms with Crippen LogP contribution in [0.15, 0.2) is 18.2 Å². The van der Waals surface area contributed by atoms with Crippen LogP contribution in [0.3, 0.4) is 0 Å². The minimum atomic E-state index is 0.0643. The molecule has 0 saturated carbocycles. The van der Waals surface area contributed by atoms with Gasteiger partial charge in [-0.2, -0.15) is 11.8 Å². The van der Waals surface area contributed by atoms with Crippen molar-refractivity contribution in [3.8, 4) is 0 Å². The average Bonchev–Trinajstić information content (AvgIpc) is 2.14. The van der Waals surface area contributed by atoms with Gasteiger partial charge in [0.25, 0.3) is 5.91 Å². The van der Waals surface area contributed by atoms with E-state index in [4.69, 9.17) is 0 Å². The predicted molar refractivity (Wildman–Crippen MR) is 69.1 cm³/mol. The summed E-state index contributed by atoms with van der Waals surface area (Å²) < 4.78 is 0. The lowest BCUT2D eigenvalue weighted by Gasteiger charge is -2.24. The minimum absolute atomic E-state index is 0.0643. The monoisotopic (exact) mass is 235 g/mol. The maximum absolute atomic E-state index is 11.9. The molecule has 0 bridgehead atoms. The highest BCUT2D eigenvalue weighted by atomic mass is 32.2. The number of carbonyl (C=O) groups excluding carboxylic acids is 1. The zero-order valence-electron chi connectivity index (χ0n) is 9.75. The van der Waals surface area contributed by atoms with Crippen molar-refractivity contribution in [2.24, 2.45) is 5.92 Å². The quantitative estimate of drug-likeness (QED) is 0.871. The number of nitrogens with one attached hydrogen (secondary N) is 1. The van der Waals surface area contributed by atoms with E-state index in [1.54, 1.807) is 0 Å². The minimum Gasteiger partial charge on any atom is -0.352 e. The Balaban J connectivity index is 1.96. The molecule has 86 valence electrons. The van der Waals surface area contributed by atoms with Crippen molar-refractivity contribution in [2.45, 2.75) is 13.8 Å². The molecule has 2 nitrogen and oxygen atoms in total. The molecule has 1 N–H and O–H groups in total. The molecular weight excluding hydrogens is 218 g/mol. The van der Waals surface area contributed by atoms with Crippen molar-refractivity contribution >= 4 is 17.7 Å². The molecule has 3 heteroatoms. The first-order valence-corrected chi connectivity index (χ1v) is 6.75. The number of aryl methyl sites for hydroxylation is 2. The Morgan fingerprint density at radius 1 is 1.44 bits per heavy atom. The first-order chi connectivity index (χ1) is 7.66. The van der Waals surface area contributed by atoms with Crippen LogP contribution in [0.1, 0.15) is 21.5 Å². The van der Waals surface area contributed by atoms with Gasteiger partial charge in [0.2, 0.25) is 0 Å². The Morgan fingerprint density at radius 2 is 2.19 bits per heavy atom. The topological polar surface area (TPSA) is 29.1 Å². The van der Waals surface area contributed by atoms with Crippen LogP contribution in [0.5, 0.6) is 0 Å². The van der Waals surface area contributed by atoms with Gasteiger partial charge < -0.3 is 5.32 Å². The summed E-state index contributed by atoms with van der Waals surface area (Å²) in [6.07, 6.45) is 0. The van der Waals surface area contributed by atoms with Crippen molar-refractivity contribution in [1.82, 2.24) is 5.32 Å². The predicted octanol–water partition coefficient (Wildman–Crippen LogP) is 2.40. The van der Waals surface area contributed by atoms with E-state index >= 15 is 0 Å². The fourth-order valence-corrected chi connectivity index (χ4v) is 2.61. The SMILES string of the molecule is Cc1ccc(C(=O)NCC2CSC2)c(C)c1. The third-order valence-corrected chi connectivity index (χ3v) is 4.30. The van der Waals surface area contributed by atoms with Gasteiger partial charge >= 0.3 is 0 Å². The van der Waals surface area contributed by atoms with E-state index < -0.39 is 0 Å². The number of thioether (sulfide) groups is 1. The van der Waals surface area contributed by atoms with Gasteiger partial charge in [-0.15, -0.1) is 0 Å². The average molecular weight is 235 g/mol. The molecule has 1 aromatic carbocycles. The van der Waals surface area contributed by atoms with Gasteiger partial charge in [-0.25, -0.2) is 0 Å². The van der Waals surface area contributed by atoms with E-state index in [0.717, 1.165) is 17.7 Å². The van der Waals surface area contributed by atoms with Crippen molar-refractivity contribution < 1.29 is 4.79 Å². The Morgan fingerprint density at radius 3 is 2.75 bits per heavy atom. The molecule has 2 rings (SSSR count). The molecule has 0 radical (unpaired) electrons. The van der Waals surface area contributed by atoms with Gasteiger partial charge in [0.15, 0.2) is 0 Å². The number of amides is 1. The fraction of sp³-hybridized carbons (Fsp3) is 0.462. The van der Waals surface area contributed by atoms with Gasteiger partial charge in [-0.1, -0.05) is 17.7 Å². The van der Waals surface area contributed by atoms with E-state index in [-0.39, 0.29) is 5.91 Å². The van der Waals surface area contributed by atoms with Crippen LogP contribution in [0.4, 0.5) is 0 Å². The smallest absolute Gasteiger partial charge is 0.251 e. The number of rotatable bonds is 3. The molecule has 0 spiro atoms. The van der Waals surface area contributed by atoms with E-state index in [2.05, 4.69) is 5.32 Å². The maximum atomic E-state index is 11.9. The molecule has 1 amide bonds. The third kappa shape index (κ3) is 2.59. The highest BCUT2D eigenvalue weighted by Crippen LogP contribution is 2.23. The van der Waals surface area contributed by atoms with Crippen molar-refractivity contribution in [3.63, 3.8) is 0 Å². The summed E-state index contributed by atoms with van der Waals surface area (Å²) in [6, 6.07) is 5.95. The largest absolute Gasteiger partial charge is 0.352 e. The molecule has 1 aromatic rings. The highest BCUT2D eigenvalue weighted by Gasteiger charge is 2.19. The molecule has 1 fully saturated rings. The van der Waals surface area contributed by atoms with Gasteiger partial charge in [0.1, 0.15) is 0 Å². The molecule has 0 aromatic heterocycles. The van der Waals surface area contributed by atoms with E-state index in [1.807, 2.05) is 43.8 Å². The molecular formula is C13H17NOS. The molecule has 1 saturated heterocycles. The number of hydrogen-bond donors (Lipinski definition) is 1. The Hall–Kier alpha value is -0.960. The second kappa shape index (κ2) is 4.91. The maximum Gasteiger partial charge on any atom is 0.251 e. The molecule has 1 heterocycles. The van der Waals surface area contributed by atoms with Crippen LogP contribution < -0.4 is 5.32 Å². The fourth-order valence-electron chi connectivity index (χ4n) is 1.80. The van der Waals surface area contributed by atoms with Gasteiger partial charge in [0.05, 0.1) is 0 Å². The molecule has 1 aliphatic heterocycles. The third-order valence-electron chi connectivity index (χ3n) is 2.88. The lowest BCUT2D eigenvalue weighted by atomic mass is 10.0. The van der Waals surface area contributed by atoms with Crippen LogP contribution in [0, 0.1) is 19.8 Å². The summed E-state index contributed by atoms with van der Waals surface area (Å²) >= 11 is 1.95. The van der Waals surface area contributed by atoms with E-state index in [9.17, 15) is 4.79 Å². The van der Waals surface area contributed by atoms with E-state index in [0.29, 0.717) is 5.92 Å². The zero-order valence-corrected chi connectivity index (χ0v) is 10.6. The standard InChI is InChI=1S/C13H17NOS/c1-9-3-4-12(10(2)5-9)13(15)14-6-11-7-16-8-11/h3-5,11H,6-8H2,1-2H3,(H,14,15). The molecule has 0 unspecified atom stereocenters. The lowest BCUT2D eigenvalue weighted by molar-refractivity contribution is 0.0948. The second-order valence-corrected chi connectivity index (χ2v) is 5.51. The number of benzene rings is 1. The van der Waals surface area contributed by atoms with Crippen LogP contribution >= 0.6 is 11.8 Å². The second-order valence-electron chi connectivity index (χ2n) is 4.43. The van der Waals surface area contributed by atoms with Crippen LogP contribution in [0.2, 0.25) is 0 Å². The molecule has 0 atom stereocenters. The van der Waals surface area contributed by atoms with Gasteiger partial charge in [0, 0.05) is 12.1 Å². The summed E-state index contributed by atoms with van der Waals surface area (Å²) in [5, 5.41) is 3.01. The summed E-state index contributed by atoms with van der Waals surface area (Å²) in [6.45, 7) is 4.85. The van der Waals surface area contributed by atoms with Crippen molar-refractivity contribution in [2.75, 3.05) is 18.1 Å². The number of carbonyl (C=O) groups is 1. The first-order valence-electron chi connectivity index (χ1n) is 5.60. The van der Waals surface area contributed by atoms with Crippen LogP contribution in [-0.2, 0) is 0 Å². The summed E-state index contributed by atoms with van der Waals surface area (Å²) in [5.74, 6) is 3.12. The highest BCUT2D eigenvalue weighted by molar-refractivity contribution is 8.00. The Labute approximate surface area is 101 Å². The summed E-state index contributed by atoms with van der Waals surface area (Å²) in [5.41, 5.74) is 3.06. The Kier molecular flexibility index (Phi) is 3.54.